The fourth-order valence-corrected chi connectivity index (χ4v) is 2.02. The van der Waals surface area contributed by atoms with Crippen molar-refractivity contribution in [3.05, 3.63) is 23.4 Å². The molecule has 1 fully saturated rings. The predicted molar refractivity (Wildman–Crippen MR) is 66.2 cm³/mol. The van der Waals surface area contributed by atoms with Crippen molar-refractivity contribution in [2.24, 2.45) is 0 Å². The van der Waals surface area contributed by atoms with Gasteiger partial charge in [-0.1, -0.05) is 0 Å². The van der Waals surface area contributed by atoms with E-state index < -0.39 is 0 Å². The standard InChI is InChI=1S/C12H20N4/c1-10-7-12(13)14-8-11(10)9-16-5-3-15(2)4-6-16/h7-8H,3-6,9H2,1-2H3,(H2,13,14). The lowest BCUT2D eigenvalue weighted by atomic mass is 10.1. The fourth-order valence-electron chi connectivity index (χ4n) is 2.02. The second kappa shape index (κ2) is 4.80. The molecule has 0 aliphatic carbocycles. The molecule has 2 rings (SSSR count). The maximum Gasteiger partial charge on any atom is 0.123 e. The number of hydrogen-bond donors (Lipinski definition) is 1. The molecule has 0 unspecified atom stereocenters. The van der Waals surface area contributed by atoms with E-state index in [1.54, 1.807) is 0 Å². The number of aryl methyl sites for hydroxylation is 1. The Hall–Kier alpha value is -1.13. The van der Waals surface area contributed by atoms with Gasteiger partial charge in [0.2, 0.25) is 0 Å². The summed E-state index contributed by atoms with van der Waals surface area (Å²) in [5, 5.41) is 0. The largest absolute Gasteiger partial charge is 0.384 e. The molecule has 0 atom stereocenters. The number of anilines is 1. The van der Waals surface area contributed by atoms with Gasteiger partial charge in [-0.25, -0.2) is 4.98 Å². The Morgan fingerprint density at radius 1 is 1.31 bits per heavy atom. The third-order valence-electron chi connectivity index (χ3n) is 3.23. The SMILES string of the molecule is Cc1cc(N)ncc1CN1CCN(C)CC1. The van der Waals surface area contributed by atoms with Gasteiger partial charge >= 0.3 is 0 Å². The number of piperazine rings is 1. The number of nitrogen functional groups attached to an aromatic ring is 1. The molecule has 4 heteroatoms. The highest BCUT2D eigenvalue weighted by atomic mass is 15.2. The Kier molecular flexibility index (Phi) is 3.41. The normalized spacial score (nSPS) is 18.9. The first-order chi connectivity index (χ1) is 7.65. The van der Waals surface area contributed by atoms with Gasteiger partial charge in [0.15, 0.2) is 0 Å². The van der Waals surface area contributed by atoms with E-state index in [1.807, 2.05) is 12.3 Å². The summed E-state index contributed by atoms with van der Waals surface area (Å²) in [7, 11) is 2.17. The van der Waals surface area contributed by atoms with Crippen LogP contribution in [0, 0.1) is 6.92 Å². The van der Waals surface area contributed by atoms with Gasteiger partial charge < -0.3 is 10.6 Å². The third kappa shape index (κ3) is 2.71. The summed E-state index contributed by atoms with van der Waals surface area (Å²) >= 11 is 0. The lowest BCUT2D eigenvalue weighted by molar-refractivity contribution is 0.148. The van der Waals surface area contributed by atoms with Crippen molar-refractivity contribution >= 4 is 5.82 Å². The summed E-state index contributed by atoms with van der Waals surface area (Å²) in [6, 6.07) is 1.95. The van der Waals surface area contributed by atoms with Gasteiger partial charge in [-0.2, -0.15) is 0 Å². The van der Waals surface area contributed by atoms with E-state index in [1.165, 1.54) is 11.1 Å². The zero-order valence-electron chi connectivity index (χ0n) is 10.1. The highest BCUT2D eigenvalue weighted by molar-refractivity contribution is 5.36. The van der Waals surface area contributed by atoms with Crippen LogP contribution in [0.2, 0.25) is 0 Å². The molecule has 0 amide bonds. The number of rotatable bonds is 2. The molecule has 2 N–H and O–H groups in total. The van der Waals surface area contributed by atoms with Crippen LogP contribution in [0.1, 0.15) is 11.1 Å². The van der Waals surface area contributed by atoms with Gasteiger partial charge in [-0.15, -0.1) is 0 Å². The van der Waals surface area contributed by atoms with Crippen molar-refractivity contribution in [1.82, 2.24) is 14.8 Å². The number of nitrogens with zero attached hydrogens (tertiary/aromatic N) is 3. The van der Waals surface area contributed by atoms with Gasteiger partial charge in [0.1, 0.15) is 5.82 Å². The summed E-state index contributed by atoms with van der Waals surface area (Å²) in [5.41, 5.74) is 8.18. The first kappa shape index (κ1) is 11.4. The van der Waals surface area contributed by atoms with E-state index in [2.05, 4.69) is 28.8 Å². The highest BCUT2D eigenvalue weighted by Gasteiger charge is 2.14. The van der Waals surface area contributed by atoms with Crippen LogP contribution in [0.4, 0.5) is 5.82 Å². The quantitative estimate of drug-likeness (QED) is 0.797. The molecule has 1 aliphatic rings. The third-order valence-corrected chi connectivity index (χ3v) is 3.23. The van der Waals surface area contributed by atoms with Crippen LogP contribution < -0.4 is 5.73 Å². The lowest BCUT2D eigenvalue weighted by Crippen LogP contribution is -2.43. The Bertz CT molecular complexity index is 356. The zero-order chi connectivity index (χ0) is 11.5. The van der Waals surface area contributed by atoms with E-state index in [0.29, 0.717) is 5.82 Å². The van der Waals surface area contributed by atoms with E-state index in [4.69, 9.17) is 5.73 Å². The van der Waals surface area contributed by atoms with E-state index in [0.717, 1.165) is 32.7 Å². The lowest BCUT2D eigenvalue weighted by Gasteiger charge is -2.32. The van der Waals surface area contributed by atoms with Crippen LogP contribution in [0.25, 0.3) is 0 Å². The van der Waals surface area contributed by atoms with Crippen LogP contribution in [0.15, 0.2) is 12.3 Å². The summed E-state index contributed by atoms with van der Waals surface area (Å²) in [6.45, 7) is 7.68. The van der Waals surface area contributed by atoms with E-state index in [-0.39, 0.29) is 0 Å². The molecule has 1 aromatic rings. The van der Waals surface area contributed by atoms with Crippen LogP contribution in [0.5, 0.6) is 0 Å². The molecule has 0 aromatic carbocycles. The van der Waals surface area contributed by atoms with Crippen LogP contribution in [-0.2, 0) is 6.54 Å². The fraction of sp³-hybridized carbons (Fsp3) is 0.583. The van der Waals surface area contributed by atoms with Gasteiger partial charge in [0.25, 0.3) is 0 Å². The second-order valence-electron chi connectivity index (χ2n) is 4.62. The van der Waals surface area contributed by atoms with Crippen LogP contribution >= 0.6 is 0 Å². The maximum absolute atomic E-state index is 5.65. The molecule has 0 bridgehead atoms. The molecular formula is C12H20N4. The number of pyridine rings is 1. The molecule has 1 aliphatic heterocycles. The zero-order valence-corrected chi connectivity index (χ0v) is 10.1. The van der Waals surface area contributed by atoms with Crippen molar-refractivity contribution in [3.8, 4) is 0 Å². The van der Waals surface area contributed by atoms with Crippen LogP contribution in [-0.4, -0.2) is 48.0 Å². The van der Waals surface area contributed by atoms with Gasteiger partial charge in [-0.05, 0) is 31.2 Å². The van der Waals surface area contributed by atoms with Crippen molar-refractivity contribution < 1.29 is 0 Å². The topological polar surface area (TPSA) is 45.4 Å². The molecule has 16 heavy (non-hydrogen) atoms. The summed E-state index contributed by atoms with van der Waals surface area (Å²) in [5.74, 6) is 0.611. The minimum atomic E-state index is 0.611. The van der Waals surface area contributed by atoms with Crippen molar-refractivity contribution in [2.45, 2.75) is 13.5 Å². The van der Waals surface area contributed by atoms with Crippen molar-refractivity contribution in [3.63, 3.8) is 0 Å². The van der Waals surface area contributed by atoms with Gasteiger partial charge in [-0.3, -0.25) is 4.90 Å². The minimum absolute atomic E-state index is 0.611. The number of nitrogens with two attached hydrogens (primary N) is 1. The van der Waals surface area contributed by atoms with Crippen molar-refractivity contribution in [1.29, 1.82) is 0 Å². The Morgan fingerprint density at radius 2 is 2.00 bits per heavy atom. The average molecular weight is 220 g/mol. The summed E-state index contributed by atoms with van der Waals surface area (Å²) in [4.78, 5) is 9.00. The first-order valence-electron chi connectivity index (χ1n) is 5.77. The molecule has 0 spiro atoms. The van der Waals surface area contributed by atoms with E-state index >= 15 is 0 Å². The maximum atomic E-state index is 5.65. The number of aromatic nitrogens is 1. The molecular weight excluding hydrogens is 200 g/mol. The number of likely N-dealkylation sites (N-methyl/N-ethyl adjacent to an activating group) is 1. The monoisotopic (exact) mass is 220 g/mol. The average Bonchev–Trinajstić information content (AvgIpc) is 2.25. The molecule has 1 saturated heterocycles. The molecule has 0 radical (unpaired) electrons. The first-order valence-corrected chi connectivity index (χ1v) is 5.77. The molecule has 2 heterocycles. The highest BCUT2D eigenvalue weighted by Crippen LogP contribution is 2.13. The summed E-state index contributed by atoms with van der Waals surface area (Å²) in [6.07, 6.45) is 1.91. The molecule has 88 valence electrons. The second-order valence-corrected chi connectivity index (χ2v) is 4.62. The van der Waals surface area contributed by atoms with Gasteiger partial charge in [0, 0.05) is 38.9 Å². The van der Waals surface area contributed by atoms with Crippen LogP contribution in [0.3, 0.4) is 0 Å². The minimum Gasteiger partial charge on any atom is -0.384 e. The van der Waals surface area contributed by atoms with Gasteiger partial charge in [0.05, 0.1) is 0 Å². The predicted octanol–water partition coefficient (Wildman–Crippen LogP) is 0.720. The molecule has 4 nitrogen and oxygen atoms in total. The molecule has 0 saturated carbocycles. The smallest absolute Gasteiger partial charge is 0.123 e. The summed E-state index contributed by atoms with van der Waals surface area (Å²) < 4.78 is 0. The number of hydrogen-bond acceptors (Lipinski definition) is 4. The molecule has 1 aromatic heterocycles. The Balaban J connectivity index is 1.98. The van der Waals surface area contributed by atoms with E-state index in [9.17, 15) is 0 Å². The Labute approximate surface area is 97.1 Å². The Morgan fingerprint density at radius 3 is 2.62 bits per heavy atom. The van der Waals surface area contributed by atoms with Crippen molar-refractivity contribution in [2.75, 3.05) is 39.0 Å².